The number of carbonyl (C=O) groups excluding carboxylic acids is 1. The van der Waals surface area contributed by atoms with Crippen LogP contribution in [0, 0.1) is 5.92 Å². The van der Waals surface area contributed by atoms with Crippen molar-refractivity contribution in [1.29, 1.82) is 0 Å². The lowest BCUT2D eigenvalue weighted by Crippen LogP contribution is -2.47. The largest absolute Gasteiger partial charge is 0.323 e. The van der Waals surface area contributed by atoms with Crippen molar-refractivity contribution in [3.8, 4) is 0 Å². The smallest absolute Gasteiger partial charge is 0.244 e. The fourth-order valence-corrected chi connectivity index (χ4v) is 5.22. The van der Waals surface area contributed by atoms with Gasteiger partial charge in [0.1, 0.15) is 0 Å². The number of thioether (sulfide) groups is 1. The summed E-state index contributed by atoms with van der Waals surface area (Å²) in [5.41, 5.74) is -0.194. The molecule has 3 rings (SSSR count). The summed E-state index contributed by atoms with van der Waals surface area (Å²) in [6.45, 7) is 2.26. The molecule has 120 valence electrons. The van der Waals surface area contributed by atoms with E-state index in [4.69, 9.17) is 0 Å². The van der Waals surface area contributed by atoms with Gasteiger partial charge in [-0.15, -0.1) is 0 Å². The van der Waals surface area contributed by atoms with E-state index in [1.165, 1.54) is 38.5 Å². The quantitative estimate of drug-likeness (QED) is 0.845. The lowest BCUT2D eigenvalue weighted by molar-refractivity contribution is -0.135. The standard InChI is InChI=1S/C17H30N2OS/c1-13(9-12-21-2)19-15(14-7-3-4-8-14)18-17(16(19)20)10-5-6-11-17/h13-15,18H,3-12H2,1-2H3. The molecule has 2 unspecified atom stereocenters. The van der Waals surface area contributed by atoms with E-state index >= 15 is 0 Å². The van der Waals surface area contributed by atoms with Crippen LogP contribution in [0.4, 0.5) is 0 Å². The first-order valence-corrected chi connectivity index (χ1v) is 10.2. The Hall–Kier alpha value is -0.220. The molecular weight excluding hydrogens is 280 g/mol. The Morgan fingerprint density at radius 1 is 1.29 bits per heavy atom. The second-order valence-electron chi connectivity index (χ2n) is 7.27. The lowest BCUT2D eigenvalue weighted by atomic mass is 9.97. The van der Waals surface area contributed by atoms with E-state index in [2.05, 4.69) is 23.4 Å². The number of rotatable bonds is 5. The molecule has 0 bridgehead atoms. The van der Waals surface area contributed by atoms with Gasteiger partial charge < -0.3 is 4.90 Å². The first kappa shape index (κ1) is 15.7. The normalized spacial score (nSPS) is 30.7. The van der Waals surface area contributed by atoms with Crippen molar-refractivity contribution < 1.29 is 4.79 Å². The van der Waals surface area contributed by atoms with Crippen molar-refractivity contribution in [3.05, 3.63) is 0 Å². The molecule has 3 fully saturated rings. The van der Waals surface area contributed by atoms with E-state index in [0.717, 1.165) is 25.0 Å². The Morgan fingerprint density at radius 3 is 2.57 bits per heavy atom. The van der Waals surface area contributed by atoms with Gasteiger partial charge >= 0.3 is 0 Å². The SMILES string of the molecule is CSCCC(C)N1C(=O)C2(CCCC2)NC1C1CCCC1. The summed E-state index contributed by atoms with van der Waals surface area (Å²) in [6.07, 6.45) is 13.4. The summed E-state index contributed by atoms with van der Waals surface area (Å²) < 4.78 is 0. The maximum Gasteiger partial charge on any atom is 0.244 e. The van der Waals surface area contributed by atoms with Crippen LogP contribution in [-0.4, -0.2) is 40.6 Å². The molecular formula is C17H30N2OS. The van der Waals surface area contributed by atoms with Crippen molar-refractivity contribution in [1.82, 2.24) is 10.2 Å². The lowest BCUT2D eigenvalue weighted by Gasteiger charge is -2.33. The Bertz CT molecular complexity index is 375. The Labute approximate surface area is 133 Å². The molecule has 0 aromatic carbocycles. The minimum Gasteiger partial charge on any atom is -0.323 e. The minimum absolute atomic E-state index is 0.194. The van der Waals surface area contributed by atoms with Gasteiger partial charge in [-0.3, -0.25) is 10.1 Å². The third-order valence-electron chi connectivity index (χ3n) is 5.89. The van der Waals surface area contributed by atoms with Crippen LogP contribution in [0.1, 0.15) is 64.7 Å². The number of nitrogens with one attached hydrogen (secondary N) is 1. The third kappa shape index (κ3) is 2.86. The molecule has 0 aromatic rings. The fraction of sp³-hybridized carbons (Fsp3) is 0.941. The fourth-order valence-electron chi connectivity index (χ4n) is 4.64. The number of hydrogen-bond acceptors (Lipinski definition) is 3. The van der Waals surface area contributed by atoms with E-state index in [1.807, 2.05) is 11.8 Å². The second kappa shape index (κ2) is 6.49. The van der Waals surface area contributed by atoms with E-state index in [1.54, 1.807) is 0 Å². The molecule has 1 spiro atoms. The Kier molecular flexibility index (Phi) is 4.84. The van der Waals surface area contributed by atoms with Crippen molar-refractivity contribution in [2.24, 2.45) is 5.92 Å². The molecule has 3 nitrogen and oxygen atoms in total. The van der Waals surface area contributed by atoms with Crippen molar-refractivity contribution in [3.63, 3.8) is 0 Å². The average molecular weight is 311 g/mol. The molecule has 21 heavy (non-hydrogen) atoms. The van der Waals surface area contributed by atoms with Crippen LogP contribution in [0.15, 0.2) is 0 Å². The summed E-state index contributed by atoms with van der Waals surface area (Å²) in [5.74, 6) is 2.26. The van der Waals surface area contributed by atoms with E-state index in [-0.39, 0.29) is 5.54 Å². The molecule has 4 heteroatoms. The maximum absolute atomic E-state index is 13.2. The number of nitrogens with zero attached hydrogens (tertiary/aromatic N) is 1. The summed E-state index contributed by atoms with van der Waals surface area (Å²) in [5, 5.41) is 3.84. The van der Waals surface area contributed by atoms with Crippen molar-refractivity contribution >= 4 is 17.7 Å². The van der Waals surface area contributed by atoms with Gasteiger partial charge in [0.05, 0.1) is 11.7 Å². The third-order valence-corrected chi connectivity index (χ3v) is 6.53. The summed E-state index contributed by atoms with van der Waals surface area (Å²) in [6, 6.07) is 0.378. The number of hydrogen-bond donors (Lipinski definition) is 1. The molecule has 1 N–H and O–H groups in total. The van der Waals surface area contributed by atoms with Gasteiger partial charge in [0.2, 0.25) is 5.91 Å². The molecule has 2 aliphatic carbocycles. The molecule has 2 saturated carbocycles. The predicted molar refractivity (Wildman–Crippen MR) is 89.4 cm³/mol. The van der Waals surface area contributed by atoms with Gasteiger partial charge in [0.15, 0.2) is 0 Å². The first-order valence-electron chi connectivity index (χ1n) is 8.77. The topological polar surface area (TPSA) is 32.3 Å². The zero-order valence-corrected chi connectivity index (χ0v) is 14.4. The van der Waals surface area contributed by atoms with E-state index in [9.17, 15) is 4.79 Å². The van der Waals surface area contributed by atoms with Crippen LogP contribution >= 0.6 is 11.8 Å². The molecule has 1 aliphatic heterocycles. The number of amides is 1. The summed E-state index contributed by atoms with van der Waals surface area (Å²) in [7, 11) is 0. The minimum atomic E-state index is -0.194. The van der Waals surface area contributed by atoms with Crippen LogP contribution < -0.4 is 5.32 Å². The molecule has 0 aromatic heterocycles. The van der Waals surface area contributed by atoms with Gasteiger partial charge in [0.25, 0.3) is 0 Å². The highest BCUT2D eigenvalue weighted by atomic mass is 32.2. The second-order valence-corrected chi connectivity index (χ2v) is 8.25. The zero-order valence-electron chi connectivity index (χ0n) is 13.6. The van der Waals surface area contributed by atoms with Crippen LogP contribution in [-0.2, 0) is 4.79 Å². The van der Waals surface area contributed by atoms with E-state index in [0.29, 0.717) is 24.0 Å². The molecule has 1 saturated heterocycles. The van der Waals surface area contributed by atoms with Gasteiger partial charge in [0, 0.05) is 6.04 Å². The predicted octanol–water partition coefficient (Wildman–Crippen LogP) is 3.39. The Morgan fingerprint density at radius 2 is 1.95 bits per heavy atom. The highest BCUT2D eigenvalue weighted by molar-refractivity contribution is 7.98. The summed E-state index contributed by atoms with van der Waals surface area (Å²) >= 11 is 1.89. The highest BCUT2D eigenvalue weighted by Gasteiger charge is 2.55. The van der Waals surface area contributed by atoms with Crippen LogP contribution in [0.3, 0.4) is 0 Å². The monoisotopic (exact) mass is 310 g/mol. The van der Waals surface area contributed by atoms with Crippen LogP contribution in [0.25, 0.3) is 0 Å². The van der Waals surface area contributed by atoms with Gasteiger partial charge in [-0.2, -0.15) is 11.8 Å². The van der Waals surface area contributed by atoms with Crippen LogP contribution in [0.5, 0.6) is 0 Å². The highest BCUT2D eigenvalue weighted by Crippen LogP contribution is 2.42. The Balaban J connectivity index is 1.79. The molecule has 1 heterocycles. The zero-order chi connectivity index (χ0) is 14.9. The van der Waals surface area contributed by atoms with Gasteiger partial charge in [-0.05, 0) is 57.0 Å². The molecule has 3 aliphatic rings. The van der Waals surface area contributed by atoms with E-state index < -0.39 is 0 Å². The summed E-state index contributed by atoms with van der Waals surface area (Å²) in [4.78, 5) is 15.4. The molecule has 0 radical (unpaired) electrons. The first-order chi connectivity index (χ1) is 10.2. The van der Waals surface area contributed by atoms with Gasteiger partial charge in [-0.1, -0.05) is 25.7 Å². The van der Waals surface area contributed by atoms with Crippen LogP contribution in [0.2, 0.25) is 0 Å². The average Bonchev–Trinajstić information content (AvgIpc) is 3.19. The van der Waals surface area contributed by atoms with Crippen molar-refractivity contribution in [2.75, 3.05) is 12.0 Å². The van der Waals surface area contributed by atoms with Gasteiger partial charge in [-0.25, -0.2) is 0 Å². The molecule has 1 amide bonds. The molecule has 2 atom stereocenters. The number of carbonyl (C=O) groups is 1. The maximum atomic E-state index is 13.2. The van der Waals surface area contributed by atoms with Crippen molar-refractivity contribution in [2.45, 2.75) is 82.5 Å².